The Labute approximate surface area is 92.6 Å². The maximum Gasteiger partial charge on any atom is 0.122 e. The highest BCUT2D eigenvalue weighted by Crippen LogP contribution is 2.29. The van der Waals surface area contributed by atoms with Gasteiger partial charge in [-0.15, -0.1) is 0 Å². The molecule has 2 heteroatoms. The molecule has 1 aliphatic heterocycles. The number of rotatable bonds is 1. The monoisotopic (exact) mass is 288 g/mol. The van der Waals surface area contributed by atoms with Gasteiger partial charge in [0, 0.05) is 3.57 Å². The van der Waals surface area contributed by atoms with Gasteiger partial charge in [0.25, 0.3) is 0 Å². The van der Waals surface area contributed by atoms with Crippen LogP contribution in [0.3, 0.4) is 0 Å². The molecule has 0 saturated heterocycles. The summed E-state index contributed by atoms with van der Waals surface area (Å²) in [7, 11) is 0. The predicted octanol–water partition coefficient (Wildman–Crippen LogP) is 3.39. The van der Waals surface area contributed by atoms with E-state index in [9.17, 15) is 0 Å². The van der Waals surface area contributed by atoms with Crippen LogP contribution in [0.1, 0.15) is 25.3 Å². The number of hydrogen-bond donors (Lipinski definition) is 0. The summed E-state index contributed by atoms with van der Waals surface area (Å²) in [4.78, 5) is 0. The molecule has 0 fully saturated rings. The van der Waals surface area contributed by atoms with Gasteiger partial charge in [-0.3, -0.25) is 0 Å². The van der Waals surface area contributed by atoms with Crippen molar-refractivity contribution in [3.05, 3.63) is 27.3 Å². The SMILES string of the molecule is CCC1CCc2cc(I)ccc2O1. The van der Waals surface area contributed by atoms with Crippen molar-refractivity contribution in [1.82, 2.24) is 0 Å². The van der Waals surface area contributed by atoms with E-state index in [1.165, 1.54) is 22.0 Å². The molecule has 1 nitrogen and oxygen atoms in total. The molecule has 0 aromatic heterocycles. The third-order valence-corrected chi connectivity index (χ3v) is 3.18. The summed E-state index contributed by atoms with van der Waals surface area (Å²) in [6.45, 7) is 2.18. The normalized spacial score (nSPS) is 20.6. The lowest BCUT2D eigenvalue weighted by molar-refractivity contribution is 0.169. The minimum atomic E-state index is 0.438. The maximum atomic E-state index is 5.83. The first-order valence-corrected chi connectivity index (χ1v) is 5.82. The quantitative estimate of drug-likeness (QED) is 0.720. The van der Waals surface area contributed by atoms with E-state index >= 15 is 0 Å². The van der Waals surface area contributed by atoms with Crippen LogP contribution in [-0.4, -0.2) is 6.10 Å². The zero-order valence-corrected chi connectivity index (χ0v) is 9.87. The summed E-state index contributed by atoms with van der Waals surface area (Å²) in [5.74, 6) is 1.10. The molecule has 2 rings (SSSR count). The molecule has 13 heavy (non-hydrogen) atoms. The second-order valence-corrected chi connectivity index (χ2v) is 4.68. The van der Waals surface area contributed by atoms with Crippen LogP contribution in [0.25, 0.3) is 0 Å². The lowest BCUT2D eigenvalue weighted by atomic mass is 10.0. The Balaban J connectivity index is 2.26. The zero-order chi connectivity index (χ0) is 9.26. The predicted molar refractivity (Wildman–Crippen MR) is 62.2 cm³/mol. The zero-order valence-electron chi connectivity index (χ0n) is 7.72. The fourth-order valence-electron chi connectivity index (χ4n) is 1.70. The van der Waals surface area contributed by atoms with Gasteiger partial charge < -0.3 is 4.74 Å². The third-order valence-electron chi connectivity index (χ3n) is 2.51. The van der Waals surface area contributed by atoms with E-state index < -0.39 is 0 Å². The van der Waals surface area contributed by atoms with Crippen LogP contribution in [0.4, 0.5) is 0 Å². The number of aryl methyl sites for hydroxylation is 1. The molecule has 0 spiro atoms. The van der Waals surface area contributed by atoms with Gasteiger partial charge in [0.15, 0.2) is 0 Å². The second kappa shape index (κ2) is 3.86. The summed E-state index contributed by atoms with van der Waals surface area (Å²) in [5, 5.41) is 0. The first kappa shape index (κ1) is 9.31. The number of benzene rings is 1. The molecule has 0 saturated carbocycles. The molecule has 0 bridgehead atoms. The first-order chi connectivity index (χ1) is 6.29. The highest BCUT2D eigenvalue weighted by molar-refractivity contribution is 14.1. The van der Waals surface area contributed by atoms with E-state index in [2.05, 4.69) is 47.7 Å². The van der Waals surface area contributed by atoms with Crippen molar-refractivity contribution in [2.24, 2.45) is 0 Å². The second-order valence-electron chi connectivity index (χ2n) is 3.44. The van der Waals surface area contributed by atoms with Gasteiger partial charge in [-0.1, -0.05) is 6.92 Å². The van der Waals surface area contributed by atoms with E-state index in [1.54, 1.807) is 0 Å². The molecule has 1 atom stereocenters. The number of halogens is 1. The average molecular weight is 288 g/mol. The van der Waals surface area contributed by atoms with Crippen molar-refractivity contribution in [1.29, 1.82) is 0 Å². The molecule has 1 aliphatic rings. The largest absolute Gasteiger partial charge is 0.490 e. The lowest BCUT2D eigenvalue weighted by Gasteiger charge is -2.25. The molecule has 1 aromatic rings. The Morgan fingerprint density at radius 2 is 2.38 bits per heavy atom. The summed E-state index contributed by atoms with van der Waals surface area (Å²) in [6, 6.07) is 6.43. The topological polar surface area (TPSA) is 9.23 Å². The van der Waals surface area contributed by atoms with E-state index in [1.807, 2.05) is 0 Å². The van der Waals surface area contributed by atoms with Crippen molar-refractivity contribution >= 4 is 22.6 Å². The summed E-state index contributed by atoms with van der Waals surface area (Å²) < 4.78 is 7.13. The molecule has 0 radical (unpaired) electrons. The Kier molecular flexibility index (Phi) is 2.77. The van der Waals surface area contributed by atoms with Crippen molar-refractivity contribution in [3.63, 3.8) is 0 Å². The van der Waals surface area contributed by atoms with E-state index in [0.717, 1.165) is 12.2 Å². The highest BCUT2D eigenvalue weighted by Gasteiger charge is 2.17. The fourth-order valence-corrected chi connectivity index (χ4v) is 2.26. The van der Waals surface area contributed by atoms with E-state index in [4.69, 9.17) is 4.74 Å². The van der Waals surface area contributed by atoms with Crippen molar-refractivity contribution in [2.45, 2.75) is 32.3 Å². The Morgan fingerprint density at radius 1 is 1.54 bits per heavy atom. The van der Waals surface area contributed by atoms with Crippen molar-refractivity contribution < 1.29 is 4.74 Å². The highest BCUT2D eigenvalue weighted by atomic mass is 127. The molecule has 0 amide bonds. The first-order valence-electron chi connectivity index (χ1n) is 4.74. The minimum absolute atomic E-state index is 0.438. The van der Waals surface area contributed by atoms with E-state index in [-0.39, 0.29) is 0 Å². The third kappa shape index (κ3) is 1.98. The number of hydrogen-bond acceptors (Lipinski definition) is 1. The average Bonchev–Trinajstić information content (AvgIpc) is 2.17. The Bertz CT molecular complexity index is 309. The van der Waals surface area contributed by atoms with Crippen LogP contribution in [0.15, 0.2) is 18.2 Å². The molecule has 1 heterocycles. The van der Waals surface area contributed by atoms with Gasteiger partial charge in [-0.05, 0) is 65.6 Å². The lowest BCUT2D eigenvalue weighted by Crippen LogP contribution is -2.21. The molecule has 0 aliphatic carbocycles. The molecule has 1 aromatic carbocycles. The minimum Gasteiger partial charge on any atom is -0.490 e. The Hall–Kier alpha value is -0.250. The van der Waals surface area contributed by atoms with Crippen LogP contribution in [0.5, 0.6) is 5.75 Å². The number of ether oxygens (including phenoxy) is 1. The number of fused-ring (bicyclic) bond motifs is 1. The molecular weight excluding hydrogens is 275 g/mol. The van der Waals surface area contributed by atoms with Crippen LogP contribution in [0, 0.1) is 3.57 Å². The van der Waals surface area contributed by atoms with Crippen molar-refractivity contribution in [2.75, 3.05) is 0 Å². The van der Waals surface area contributed by atoms with Crippen molar-refractivity contribution in [3.8, 4) is 5.75 Å². The summed E-state index contributed by atoms with van der Waals surface area (Å²) in [6.07, 6.45) is 3.90. The van der Waals surface area contributed by atoms with Crippen LogP contribution < -0.4 is 4.74 Å². The van der Waals surface area contributed by atoms with Crippen LogP contribution in [0.2, 0.25) is 0 Å². The molecule has 0 N–H and O–H groups in total. The van der Waals surface area contributed by atoms with E-state index in [0.29, 0.717) is 6.10 Å². The van der Waals surface area contributed by atoms with Gasteiger partial charge in [-0.25, -0.2) is 0 Å². The summed E-state index contributed by atoms with van der Waals surface area (Å²) >= 11 is 2.34. The Morgan fingerprint density at radius 3 is 3.15 bits per heavy atom. The van der Waals surface area contributed by atoms with Gasteiger partial charge in [0.2, 0.25) is 0 Å². The summed E-state index contributed by atoms with van der Waals surface area (Å²) in [5.41, 5.74) is 1.37. The molecule has 1 unspecified atom stereocenters. The van der Waals surface area contributed by atoms with Gasteiger partial charge in [0.1, 0.15) is 5.75 Å². The smallest absolute Gasteiger partial charge is 0.122 e. The molecule has 70 valence electrons. The van der Waals surface area contributed by atoms with Gasteiger partial charge in [0.05, 0.1) is 6.10 Å². The molecular formula is C11H13IO. The standard InChI is InChI=1S/C11H13IO/c1-2-10-5-3-8-7-9(12)4-6-11(8)13-10/h4,6-7,10H,2-3,5H2,1H3. The maximum absolute atomic E-state index is 5.83. The van der Waals surface area contributed by atoms with Gasteiger partial charge in [-0.2, -0.15) is 0 Å². The fraction of sp³-hybridized carbons (Fsp3) is 0.455. The van der Waals surface area contributed by atoms with Crippen LogP contribution >= 0.6 is 22.6 Å². The van der Waals surface area contributed by atoms with Crippen LogP contribution in [-0.2, 0) is 6.42 Å². The van der Waals surface area contributed by atoms with Gasteiger partial charge >= 0.3 is 0 Å².